The van der Waals surface area contributed by atoms with Crippen LogP contribution in [0.5, 0.6) is 0 Å². The standard InChI is InChI=1S/C16H20N2O3.C2H6/c1-15(2,3)21-14(20)18-9-16(10-18)11-7-5-6-8-12(11)17(4)13(16)19;1-2/h5-8H,9-10H2,1-4H3;1-2H3. The van der Waals surface area contributed by atoms with Gasteiger partial charge in [0.15, 0.2) is 0 Å². The van der Waals surface area contributed by atoms with E-state index in [1.165, 1.54) is 0 Å². The van der Waals surface area contributed by atoms with E-state index in [0.29, 0.717) is 13.1 Å². The summed E-state index contributed by atoms with van der Waals surface area (Å²) >= 11 is 0. The van der Waals surface area contributed by atoms with Crippen LogP contribution in [0.1, 0.15) is 40.2 Å². The van der Waals surface area contributed by atoms with Crippen LogP contribution in [0.4, 0.5) is 10.5 Å². The number of para-hydroxylation sites is 1. The van der Waals surface area contributed by atoms with Crippen LogP contribution >= 0.6 is 0 Å². The van der Waals surface area contributed by atoms with Gasteiger partial charge in [-0.2, -0.15) is 0 Å². The smallest absolute Gasteiger partial charge is 0.410 e. The number of amides is 2. The first-order chi connectivity index (χ1) is 10.7. The number of hydrogen-bond acceptors (Lipinski definition) is 3. The topological polar surface area (TPSA) is 49.9 Å². The lowest BCUT2D eigenvalue weighted by atomic mass is 9.75. The Balaban J connectivity index is 0.000000924. The Bertz CT molecular complexity index is 613. The van der Waals surface area contributed by atoms with Crippen molar-refractivity contribution in [3.8, 4) is 0 Å². The number of likely N-dealkylation sites (tertiary alicyclic amines) is 1. The number of benzene rings is 1. The fourth-order valence-electron chi connectivity index (χ4n) is 3.08. The zero-order valence-corrected chi connectivity index (χ0v) is 14.8. The molecule has 2 amide bonds. The number of carbonyl (C=O) groups excluding carboxylic acids is 2. The Morgan fingerprint density at radius 3 is 2.30 bits per heavy atom. The maximum absolute atomic E-state index is 12.6. The molecule has 1 spiro atoms. The number of hydrogen-bond donors (Lipinski definition) is 0. The summed E-state index contributed by atoms with van der Waals surface area (Å²) in [5.41, 5.74) is 0.847. The quantitative estimate of drug-likeness (QED) is 0.738. The first-order valence-electron chi connectivity index (χ1n) is 8.10. The van der Waals surface area contributed by atoms with Gasteiger partial charge >= 0.3 is 6.09 Å². The highest BCUT2D eigenvalue weighted by Gasteiger charge is 2.58. The van der Waals surface area contributed by atoms with E-state index >= 15 is 0 Å². The van der Waals surface area contributed by atoms with E-state index in [9.17, 15) is 9.59 Å². The van der Waals surface area contributed by atoms with E-state index in [2.05, 4.69) is 0 Å². The van der Waals surface area contributed by atoms with Crippen LogP contribution in [0, 0.1) is 0 Å². The van der Waals surface area contributed by atoms with E-state index in [1.54, 1.807) is 16.8 Å². The molecular formula is C18H26N2O3. The molecular weight excluding hydrogens is 292 g/mol. The Kier molecular flexibility index (Phi) is 4.42. The minimum Gasteiger partial charge on any atom is -0.444 e. The van der Waals surface area contributed by atoms with Crippen molar-refractivity contribution in [2.24, 2.45) is 0 Å². The van der Waals surface area contributed by atoms with Gasteiger partial charge in [-0.05, 0) is 32.4 Å². The van der Waals surface area contributed by atoms with Crippen molar-refractivity contribution >= 4 is 17.7 Å². The third-order valence-corrected chi connectivity index (χ3v) is 4.07. The zero-order valence-electron chi connectivity index (χ0n) is 14.8. The minimum atomic E-state index is -0.581. The summed E-state index contributed by atoms with van der Waals surface area (Å²) in [6, 6.07) is 7.77. The molecule has 1 saturated heterocycles. The van der Waals surface area contributed by atoms with Gasteiger partial charge in [-0.25, -0.2) is 4.79 Å². The van der Waals surface area contributed by atoms with Gasteiger partial charge < -0.3 is 14.5 Å². The molecule has 126 valence electrons. The summed E-state index contributed by atoms with van der Waals surface area (Å²) in [6.07, 6.45) is -0.354. The number of ether oxygens (including phenoxy) is 1. The van der Waals surface area contributed by atoms with Gasteiger partial charge in [-0.15, -0.1) is 0 Å². The molecule has 0 N–H and O–H groups in total. The van der Waals surface area contributed by atoms with Gasteiger partial charge in [0.05, 0.1) is 0 Å². The number of fused-ring (bicyclic) bond motifs is 2. The average Bonchev–Trinajstić information content (AvgIpc) is 2.67. The van der Waals surface area contributed by atoms with Gasteiger partial charge in [-0.1, -0.05) is 32.0 Å². The summed E-state index contributed by atoms with van der Waals surface area (Å²) in [7, 11) is 1.78. The molecule has 0 aliphatic carbocycles. The van der Waals surface area contributed by atoms with Crippen LogP contribution in [-0.2, 0) is 14.9 Å². The van der Waals surface area contributed by atoms with Crippen LogP contribution in [0.2, 0.25) is 0 Å². The number of anilines is 1. The fraction of sp³-hybridized carbons (Fsp3) is 0.556. The van der Waals surface area contributed by atoms with Crippen LogP contribution in [0.25, 0.3) is 0 Å². The predicted molar refractivity (Wildman–Crippen MR) is 90.7 cm³/mol. The first kappa shape index (κ1) is 17.3. The molecule has 3 rings (SSSR count). The van der Waals surface area contributed by atoms with Crippen molar-refractivity contribution in [1.29, 1.82) is 0 Å². The van der Waals surface area contributed by atoms with Crippen LogP contribution in [-0.4, -0.2) is 42.6 Å². The maximum Gasteiger partial charge on any atom is 0.410 e. The second kappa shape index (κ2) is 5.87. The van der Waals surface area contributed by atoms with E-state index in [1.807, 2.05) is 58.9 Å². The molecule has 0 atom stereocenters. The molecule has 1 aromatic carbocycles. The molecule has 23 heavy (non-hydrogen) atoms. The average molecular weight is 318 g/mol. The molecule has 0 aromatic heterocycles. The molecule has 1 fully saturated rings. The van der Waals surface area contributed by atoms with Crippen LogP contribution < -0.4 is 4.90 Å². The van der Waals surface area contributed by atoms with Crippen molar-refractivity contribution in [1.82, 2.24) is 4.90 Å². The lowest BCUT2D eigenvalue weighted by Gasteiger charge is -2.46. The lowest BCUT2D eigenvalue weighted by molar-refractivity contribution is -0.128. The fourth-order valence-corrected chi connectivity index (χ4v) is 3.08. The normalized spacial score (nSPS) is 18.1. The van der Waals surface area contributed by atoms with E-state index in [4.69, 9.17) is 4.74 Å². The first-order valence-corrected chi connectivity index (χ1v) is 8.10. The maximum atomic E-state index is 12.6. The Morgan fingerprint density at radius 1 is 1.17 bits per heavy atom. The number of nitrogens with zero attached hydrogens (tertiary/aromatic N) is 2. The Labute approximate surface area is 138 Å². The molecule has 2 aliphatic rings. The Hall–Kier alpha value is -2.04. The van der Waals surface area contributed by atoms with Crippen LogP contribution in [0.3, 0.4) is 0 Å². The number of likely N-dealkylation sites (N-methyl/N-ethyl adjacent to an activating group) is 1. The van der Waals surface area contributed by atoms with E-state index in [-0.39, 0.29) is 12.0 Å². The molecule has 2 heterocycles. The third kappa shape index (κ3) is 2.80. The third-order valence-electron chi connectivity index (χ3n) is 4.07. The van der Waals surface area contributed by atoms with Gasteiger partial charge in [0.2, 0.25) is 5.91 Å². The molecule has 5 nitrogen and oxygen atoms in total. The van der Waals surface area contributed by atoms with Crippen molar-refractivity contribution in [3.05, 3.63) is 29.8 Å². The largest absolute Gasteiger partial charge is 0.444 e. The summed E-state index contributed by atoms with van der Waals surface area (Å²) in [5, 5.41) is 0. The second-order valence-corrected chi connectivity index (χ2v) is 6.80. The molecule has 0 unspecified atom stereocenters. The summed E-state index contributed by atoms with van der Waals surface area (Å²) < 4.78 is 5.36. The van der Waals surface area contributed by atoms with E-state index < -0.39 is 11.0 Å². The molecule has 5 heteroatoms. The van der Waals surface area contributed by atoms with Crippen molar-refractivity contribution in [2.75, 3.05) is 25.0 Å². The van der Waals surface area contributed by atoms with Crippen molar-refractivity contribution in [2.45, 2.75) is 45.6 Å². The monoisotopic (exact) mass is 318 g/mol. The van der Waals surface area contributed by atoms with Gasteiger partial charge in [0, 0.05) is 25.8 Å². The van der Waals surface area contributed by atoms with Crippen molar-refractivity contribution in [3.63, 3.8) is 0 Å². The summed E-state index contributed by atoms with van der Waals surface area (Å²) in [6.45, 7) is 10.3. The van der Waals surface area contributed by atoms with E-state index in [0.717, 1.165) is 11.3 Å². The predicted octanol–water partition coefficient (Wildman–Crippen LogP) is 3.18. The number of rotatable bonds is 0. The minimum absolute atomic E-state index is 0.0588. The summed E-state index contributed by atoms with van der Waals surface area (Å²) in [4.78, 5) is 27.9. The Morgan fingerprint density at radius 2 is 1.74 bits per heavy atom. The lowest BCUT2D eigenvalue weighted by Crippen LogP contribution is -2.65. The molecule has 0 radical (unpaired) electrons. The molecule has 2 aliphatic heterocycles. The van der Waals surface area contributed by atoms with Gasteiger partial charge in [-0.3, -0.25) is 4.79 Å². The highest BCUT2D eigenvalue weighted by Crippen LogP contribution is 2.46. The molecule has 0 bridgehead atoms. The van der Waals surface area contributed by atoms with Gasteiger partial charge in [0.1, 0.15) is 11.0 Å². The highest BCUT2D eigenvalue weighted by molar-refractivity contribution is 6.09. The molecule has 1 aromatic rings. The number of carbonyl (C=O) groups is 2. The highest BCUT2D eigenvalue weighted by atomic mass is 16.6. The van der Waals surface area contributed by atoms with Gasteiger partial charge in [0.25, 0.3) is 0 Å². The summed E-state index contributed by atoms with van der Waals surface area (Å²) in [5.74, 6) is 0.0588. The zero-order chi connectivity index (χ0) is 17.4. The van der Waals surface area contributed by atoms with Crippen LogP contribution in [0.15, 0.2) is 24.3 Å². The SMILES string of the molecule is CC.CN1C(=O)C2(CN(C(=O)OC(C)(C)C)C2)c2ccccc21. The van der Waals surface area contributed by atoms with Crippen molar-refractivity contribution < 1.29 is 14.3 Å². The molecule has 0 saturated carbocycles. The second-order valence-electron chi connectivity index (χ2n) is 6.80.